The van der Waals surface area contributed by atoms with Crippen molar-refractivity contribution < 1.29 is 4.74 Å². The quantitative estimate of drug-likeness (QED) is 0.0346. The van der Waals surface area contributed by atoms with Gasteiger partial charge in [-0.15, -0.1) is 0 Å². The second kappa shape index (κ2) is 43.2. The standard InChI is InChI=1S/C51H98O/c1-3-5-7-9-11-13-15-17-19-21-23-25-27-29-31-33-35-37-39-41-43-45-47-49-51-50(52-51)48-46-44-42-40-38-36-34-32-30-28-26-24-22-20-18-16-14-12-10-8-6-4-2/h15,17-18,20,50-51H,3-14,16,19,21-49H2,1-2H3/b17-15-,20-18-/t50-,51-/m1/s1. The molecule has 1 aliphatic heterocycles. The molecule has 1 rings (SSSR count). The SMILES string of the molecule is CCCCCCC/C=C\CCCCCCCCCCCCCCCC[C@H]1O[C@@H]1CCCCCCCCCCCCCC/C=C\CCCCCCCC. The van der Waals surface area contributed by atoms with Crippen molar-refractivity contribution in [1.82, 2.24) is 0 Å². The smallest absolute Gasteiger partial charge is 0.0841 e. The van der Waals surface area contributed by atoms with Crippen molar-refractivity contribution in [3.05, 3.63) is 24.3 Å². The second-order valence-corrected chi connectivity index (χ2v) is 17.3. The fourth-order valence-electron chi connectivity index (χ4n) is 8.17. The van der Waals surface area contributed by atoms with Crippen LogP contribution >= 0.6 is 0 Å². The van der Waals surface area contributed by atoms with Crippen LogP contribution in [-0.2, 0) is 4.74 Å². The molecule has 1 heteroatoms. The van der Waals surface area contributed by atoms with E-state index in [1.54, 1.807) is 0 Å². The molecular weight excluding hydrogens is 629 g/mol. The molecule has 0 unspecified atom stereocenters. The fraction of sp³-hybridized carbons (Fsp3) is 0.922. The molecule has 1 saturated heterocycles. The van der Waals surface area contributed by atoms with E-state index in [1.807, 2.05) is 0 Å². The lowest BCUT2D eigenvalue weighted by atomic mass is 10.0. The van der Waals surface area contributed by atoms with E-state index in [0.717, 1.165) is 0 Å². The normalized spacial score (nSPS) is 15.9. The van der Waals surface area contributed by atoms with Crippen LogP contribution in [0.2, 0.25) is 0 Å². The van der Waals surface area contributed by atoms with Gasteiger partial charge in [-0.05, 0) is 64.2 Å². The first-order valence-electron chi connectivity index (χ1n) is 24.8. The summed E-state index contributed by atoms with van der Waals surface area (Å²) in [7, 11) is 0. The van der Waals surface area contributed by atoms with Crippen molar-refractivity contribution in [2.75, 3.05) is 0 Å². The molecule has 0 aromatic carbocycles. The number of hydrogen-bond acceptors (Lipinski definition) is 1. The highest BCUT2D eigenvalue weighted by Crippen LogP contribution is 2.32. The third kappa shape index (κ3) is 39.1. The topological polar surface area (TPSA) is 12.5 Å². The molecule has 1 aliphatic rings. The van der Waals surface area contributed by atoms with Gasteiger partial charge < -0.3 is 4.74 Å². The molecule has 0 aromatic rings. The lowest BCUT2D eigenvalue weighted by Gasteiger charge is -2.03. The Balaban J connectivity index is 1.66. The van der Waals surface area contributed by atoms with Crippen molar-refractivity contribution in [3.63, 3.8) is 0 Å². The molecule has 1 nitrogen and oxygen atoms in total. The average molecular weight is 727 g/mol. The number of hydrogen-bond donors (Lipinski definition) is 0. The monoisotopic (exact) mass is 727 g/mol. The summed E-state index contributed by atoms with van der Waals surface area (Å²) in [6.45, 7) is 4.60. The van der Waals surface area contributed by atoms with Crippen molar-refractivity contribution in [2.45, 2.75) is 302 Å². The highest BCUT2D eigenvalue weighted by molar-refractivity contribution is 4.84. The minimum absolute atomic E-state index is 0.623. The van der Waals surface area contributed by atoms with Gasteiger partial charge in [0.15, 0.2) is 0 Å². The van der Waals surface area contributed by atoms with E-state index in [4.69, 9.17) is 4.74 Å². The Morgan fingerprint density at radius 3 is 0.673 bits per heavy atom. The summed E-state index contributed by atoms with van der Waals surface area (Å²) < 4.78 is 6.01. The maximum atomic E-state index is 6.01. The number of ether oxygens (including phenoxy) is 1. The van der Waals surface area contributed by atoms with Crippen LogP contribution in [0, 0.1) is 0 Å². The summed E-state index contributed by atoms with van der Waals surface area (Å²) in [6, 6.07) is 0. The molecule has 308 valence electrons. The van der Waals surface area contributed by atoms with Gasteiger partial charge in [-0.25, -0.2) is 0 Å². The van der Waals surface area contributed by atoms with Crippen molar-refractivity contribution in [1.29, 1.82) is 0 Å². The molecule has 0 N–H and O–H groups in total. The molecule has 0 amide bonds. The van der Waals surface area contributed by atoms with E-state index in [-0.39, 0.29) is 0 Å². The summed E-state index contributed by atoms with van der Waals surface area (Å²) in [4.78, 5) is 0. The number of allylic oxidation sites excluding steroid dienone is 4. The molecule has 0 radical (unpaired) electrons. The molecule has 0 bridgehead atoms. The van der Waals surface area contributed by atoms with Gasteiger partial charge in [0.1, 0.15) is 0 Å². The van der Waals surface area contributed by atoms with Crippen LogP contribution in [0.3, 0.4) is 0 Å². The highest BCUT2D eigenvalue weighted by Gasteiger charge is 2.36. The molecule has 52 heavy (non-hydrogen) atoms. The first kappa shape index (κ1) is 49.5. The molecule has 0 saturated carbocycles. The summed E-state index contributed by atoms with van der Waals surface area (Å²) in [5.41, 5.74) is 0. The summed E-state index contributed by atoms with van der Waals surface area (Å²) >= 11 is 0. The Bertz CT molecular complexity index is 708. The van der Waals surface area contributed by atoms with E-state index in [0.29, 0.717) is 12.2 Å². The van der Waals surface area contributed by atoms with E-state index < -0.39 is 0 Å². The van der Waals surface area contributed by atoms with Crippen molar-refractivity contribution in [3.8, 4) is 0 Å². The lowest BCUT2D eigenvalue weighted by molar-refractivity contribution is 0.347. The van der Waals surface area contributed by atoms with E-state index in [1.165, 1.54) is 276 Å². The van der Waals surface area contributed by atoms with E-state index in [2.05, 4.69) is 38.2 Å². The van der Waals surface area contributed by atoms with Crippen molar-refractivity contribution in [2.24, 2.45) is 0 Å². The van der Waals surface area contributed by atoms with Gasteiger partial charge in [0.05, 0.1) is 12.2 Å². The number of rotatable bonds is 45. The van der Waals surface area contributed by atoms with Gasteiger partial charge in [0.2, 0.25) is 0 Å². The van der Waals surface area contributed by atoms with Gasteiger partial charge in [0, 0.05) is 0 Å². The summed E-state index contributed by atoms with van der Waals surface area (Å²) in [5.74, 6) is 0. The molecule has 0 aromatic heterocycles. The Morgan fingerprint density at radius 2 is 0.442 bits per heavy atom. The zero-order chi connectivity index (χ0) is 37.1. The van der Waals surface area contributed by atoms with Crippen molar-refractivity contribution >= 4 is 0 Å². The van der Waals surface area contributed by atoms with Gasteiger partial charge >= 0.3 is 0 Å². The van der Waals surface area contributed by atoms with Gasteiger partial charge in [-0.3, -0.25) is 0 Å². The Labute approximate surface area is 330 Å². The predicted octanol–water partition coefficient (Wildman–Crippen LogP) is 18.7. The zero-order valence-corrected chi connectivity index (χ0v) is 36.3. The average Bonchev–Trinajstić information content (AvgIpc) is 3.91. The van der Waals surface area contributed by atoms with Crippen LogP contribution in [-0.4, -0.2) is 12.2 Å². The lowest BCUT2D eigenvalue weighted by Crippen LogP contribution is -1.95. The van der Waals surface area contributed by atoms with Gasteiger partial charge in [0.25, 0.3) is 0 Å². The first-order valence-corrected chi connectivity index (χ1v) is 24.8. The zero-order valence-electron chi connectivity index (χ0n) is 36.3. The van der Waals surface area contributed by atoms with Crippen LogP contribution < -0.4 is 0 Å². The summed E-state index contributed by atoms with van der Waals surface area (Å²) in [5, 5.41) is 0. The molecule has 1 heterocycles. The van der Waals surface area contributed by atoms with Crippen LogP contribution in [0.4, 0.5) is 0 Å². The summed E-state index contributed by atoms with van der Waals surface area (Å²) in [6.07, 6.45) is 72.1. The number of epoxide rings is 1. The predicted molar refractivity (Wildman–Crippen MR) is 237 cm³/mol. The molecular formula is C51H98O. The third-order valence-corrected chi connectivity index (χ3v) is 11.9. The fourth-order valence-corrected chi connectivity index (χ4v) is 8.17. The van der Waals surface area contributed by atoms with Crippen LogP contribution in [0.15, 0.2) is 24.3 Å². The van der Waals surface area contributed by atoms with E-state index in [9.17, 15) is 0 Å². The highest BCUT2D eigenvalue weighted by atomic mass is 16.6. The van der Waals surface area contributed by atoms with Crippen LogP contribution in [0.5, 0.6) is 0 Å². The minimum Gasteiger partial charge on any atom is -0.370 e. The second-order valence-electron chi connectivity index (χ2n) is 17.3. The van der Waals surface area contributed by atoms with Gasteiger partial charge in [-0.2, -0.15) is 0 Å². The number of unbranched alkanes of at least 4 members (excludes halogenated alkanes) is 37. The molecule has 0 spiro atoms. The third-order valence-electron chi connectivity index (χ3n) is 11.9. The van der Waals surface area contributed by atoms with Crippen LogP contribution in [0.1, 0.15) is 290 Å². The largest absolute Gasteiger partial charge is 0.370 e. The van der Waals surface area contributed by atoms with Gasteiger partial charge in [-0.1, -0.05) is 250 Å². The maximum Gasteiger partial charge on any atom is 0.0841 e. The molecule has 0 aliphatic carbocycles. The Hall–Kier alpha value is -0.560. The van der Waals surface area contributed by atoms with Crippen LogP contribution in [0.25, 0.3) is 0 Å². The Morgan fingerprint density at radius 1 is 0.250 bits per heavy atom. The first-order chi connectivity index (χ1) is 25.9. The maximum absolute atomic E-state index is 6.01. The van der Waals surface area contributed by atoms with E-state index >= 15 is 0 Å². The minimum atomic E-state index is 0.623. The molecule has 1 fully saturated rings. The molecule has 2 atom stereocenters. The Kier molecular flexibility index (Phi) is 41.1.